The number of nitrogens with zero attached hydrogens (tertiary/aromatic N) is 3. The minimum absolute atomic E-state index is 0.0547. The van der Waals surface area contributed by atoms with Crippen molar-refractivity contribution >= 4 is 34.0 Å². The molecular formula is C20H21N3O3S. The van der Waals surface area contributed by atoms with Crippen LogP contribution in [-0.4, -0.2) is 21.4 Å². The van der Waals surface area contributed by atoms with Crippen LogP contribution in [0.3, 0.4) is 0 Å². The van der Waals surface area contributed by atoms with E-state index in [1.807, 2.05) is 32.0 Å². The lowest BCUT2D eigenvalue weighted by Crippen LogP contribution is -2.23. The third-order valence-corrected chi connectivity index (χ3v) is 5.02. The first-order valence-electron chi connectivity index (χ1n) is 8.47. The normalized spacial score (nSPS) is 10.7. The van der Waals surface area contributed by atoms with Crippen LogP contribution in [0.15, 0.2) is 41.9 Å². The van der Waals surface area contributed by atoms with Crippen LogP contribution in [0.2, 0.25) is 0 Å². The Kier molecular flexibility index (Phi) is 5.41. The van der Waals surface area contributed by atoms with E-state index in [9.17, 15) is 9.59 Å². The number of ether oxygens (including phenoxy) is 1. The van der Waals surface area contributed by atoms with E-state index in [0.29, 0.717) is 16.5 Å². The van der Waals surface area contributed by atoms with Gasteiger partial charge >= 0.3 is 5.97 Å². The molecule has 3 rings (SSSR count). The minimum Gasteiger partial charge on any atom is -0.454 e. The van der Waals surface area contributed by atoms with Gasteiger partial charge in [0.2, 0.25) is 5.91 Å². The van der Waals surface area contributed by atoms with Crippen molar-refractivity contribution in [2.75, 3.05) is 4.90 Å². The van der Waals surface area contributed by atoms with E-state index in [0.717, 1.165) is 16.8 Å². The maximum atomic E-state index is 12.3. The second kappa shape index (κ2) is 7.75. The minimum atomic E-state index is -0.408. The van der Waals surface area contributed by atoms with Crippen molar-refractivity contribution in [3.8, 4) is 0 Å². The highest BCUT2D eigenvalue weighted by atomic mass is 32.1. The second-order valence-electron chi connectivity index (χ2n) is 6.35. The number of rotatable bonds is 5. The van der Waals surface area contributed by atoms with Gasteiger partial charge in [-0.25, -0.2) is 9.78 Å². The molecule has 0 fully saturated rings. The Morgan fingerprint density at radius 1 is 1.26 bits per heavy atom. The fourth-order valence-electron chi connectivity index (χ4n) is 2.82. The van der Waals surface area contributed by atoms with Gasteiger partial charge in [-0.2, -0.15) is 0 Å². The van der Waals surface area contributed by atoms with Gasteiger partial charge < -0.3 is 9.30 Å². The fraction of sp³-hybridized carbons (Fsp3) is 0.250. The van der Waals surface area contributed by atoms with E-state index in [1.54, 1.807) is 40.2 Å². The molecule has 0 aliphatic heterocycles. The molecule has 3 aromatic rings. The Labute approximate surface area is 162 Å². The topological polar surface area (TPSA) is 64.4 Å². The van der Waals surface area contributed by atoms with Crippen LogP contribution in [0.4, 0.5) is 10.8 Å². The zero-order valence-electron chi connectivity index (χ0n) is 15.7. The molecule has 0 atom stereocenters. The first-order chi connectivity index (χ1) is 12.9. The fourth-order valence-corrected chi connectivity index (χ4v) is 3.68. The molecule has 1 amide bonds. The van der Waals surface area contributed by atoms with E-state index in [4.69, 9.17) is 4.74 Å². The average molecular weight is 383 g/mol. The predicted molar refractivity (Wildman–Crippen MR) is 105 cm³/mol. The van der Waals surface area contributed by atoms with E-state index in [1.165, 1.54) is 18.3 Å². The highest BCUT2D eigenvalue weighted by Crippen LogP contribution is 2.31. The predicted octanol–water partition coefficient (Wildman–Crippen LogP) is 4.14. The summed E-state index contributed by atoms with van der Waals surface area (Å²) in [6, 6.07) is 9.40. The summed E-state index contributed by atoms with van der Waals surface area (Å²) in [7, 11) is 1.78. The van der Waals surface area contributed by atoms with Gasteiger partial charge in [-0.05, 0) is 37.6 Å². The summed E-state index contributed by atoms with van der Waals surface area (Å²) in [6.07, 6.45) is 1.78. The quantitative estimate of drug-likeness (QED) is 0.621. The number of hydrogen-bond acceptors (Lipinski definition) is 5. The lowest BCUT2D eigenvalue weighted by molar-refractivity contribution is -0.115. The standard InChI is InChI=1S/C20H21N3O3S/c1-13-7-8-17(14(2)10-13)23(15(3)24)20-21-16(12-27-20)11-26-19(25)18-6-5-9-22(18)4/h5-10,12H,11H2,1-4H3. The molecule has 27 heavy (non-hydrogen) atoms. The molecule has 0 N–H and O–H groups in total. The highest BCUT2D eigenvalue weighted by molar-refractivity contribution is 7.14. The van der Waals surface area contributed by atoms with Crippen molar-refractivity contribution in [1.82, 2.24) is 9.55 Å². The Hall–Kier alpha value is -2.93. The molecular weight excluding hydrogens is 362 g/mol. The molecule has 0 aliphatic carbocycles. The number of benzene rings is 1. The monoisotopic (exact) mass is 383 g/mol. The number of aryl methyl sites for hydroxylation is 3. The summed E-state index contributed by atoms with van der Waals surface area (Å²) in [4.78, 5) is 30.4. The molecule has 2 heterocycles. The third-order valence-electron chi connectivity index (χ3n) is 4.14. The number of aromatic nitrogens is 2. The number of carbonyl (C=O) groups is 2. The number of thiazole rings is 1. The van der Waals surface area contributed by atoms with Gasteiger partial charge in [-0.3, -0.25) is 9.69 Å². The van der Waals surface area contributed by atoms with Crippen LogP contribution in [0, 0.1) is 13.8 Å². The molecule has 1 aromatic carbocycles. The summed E-state index contributed by atoms with van der Waals surface area (Å²) < 4.78 is 7.03. The van der Waals surface area contributed by atoms with Crippen molar-refractivity contribution < 1.29 is 14.3 Å². The molecule has 0 radical (unpaired) electrons. The van der Waals surface area contributed by atoms with Gasteiger partial charge in [-0.15, -0.1) is 11.3 Å². The van der Waals surface area contributed by atoms with Crippen molar-refractivity contribution in [1.29, 1.82) is 0 Å². The Morgan fingerprint density at radius 2 is 2.04 bits per heavy atom. The van der Waals surface area contributed by atoms with Crippen LogP contribution in [0.5, 0.6) is 0 Å². The molecule has 6 nitrogen and oxygen atoms in total. The summed E-state index contributed by atoms with van der Waals surface area (Å²) in [5.74, 6) is -0.529. The molecule has 0 saturated heterocycles. The first-order valence-corrected chi connectivity index (χ1v) is 9.35. The summed E-state index contributed by atoms with van der Waals surface area (Å²) in [6.45, 7) is 5.54. The van der Waals surface area contributed by atoms with E-state index in [2.05, 4.69) is 4.98 Å². The van der Waals surface area contributed by atoms with Crippen LogP contribution in [0.25, 0.3) is 0 Å². The van der Waals surface area contributed by atoms with E-state index in [-0.39, 0.29) is 12.5 Å². The van der Waals surface area contributed by atoms with Crippen LogP contribution in [0.1, 0.15) is 34.2 Å². The molecule has 0 bridgehead atoms. The number of hydrogen-bond donors (Lipinski definition) is 0. The molecule has 0 spiro atoms. The number of esters is 1. The summed E-state index contributed by atoms with van der Waals surface area (Å²) >= 11 is 1.34. The van der Waals surface area contributed by atoms with Crippen LogP contribution in [-0.2, 0) is 23.2 Å². The van der Waals surface area contributed by atoms with Gasteiger partial charge in [0.1, 0.15) is 12.3 Å². The Bertz CT molecular complexity index is 990. The van der Waals surface area contributed by atoms with Gasteiger partial charge in [0.05, 0.1) is 11.4 Å². The van der Waals surface area contributed by atoms with Gasteiger partial charge in [0, 0.05) is 25.5 Å². The average Bonchev–Trinajstić information content (AvgIpc) is 3.24. The Balaban J connectivity index is 1.77. The van der Waals surface area contributed by atoms with Crippen molar-refractivity contribution in [2.24, 2.45) is 7.05 Å². The van der Waals surface area contributed by atoms with Gasteiger partial charge in [0.25, 0.3) is 0 Å². The first kappa shape index (κ1) is 18.8. The molecule has 0 aliphatic rings. The molecule has 2 aromatic heterocycles. The molecule has 7 heteroatoms. The lowest BCUT2D eigenvalue weighted by Gasteiger charge is -2.20. The number of carbonyl (C=O) groups excluding carboxylic acids is 2. The third kappa shape index (κ3) is 4.09. The zero-order chi connectivity index (χ0) is 19.6. The summed E-state index contributed by atoms with van der Waals surface area (Å²) in [5.41, 5.74) is 4.01. The van der Waals surface area contributed by atoms with Crippen LogP contribution >= 0.6 is 11.3 Å². The van der Waals surface area contributed by atoms with E-state index < -0.39 is 5.97 Å². The number of amides is 1. The maximum Gasteiger partial charge on any atom is 0.355 e. The largest absolute Gasteiger partial charge is 0.454 e. The van der Waals surface area contributed by atoms with Gasteiger partial charge in [-0.1, -0.05) is 17.7 Å². The second-order valence-corrected chi connectivity index (χ2v) is 7.18. The summed E-state index contributed by atoms with van der Waals surface area (Å²) in [5, 5.41) is 2.35. The zero-order valence-corrected chi connectivity index (χ0v) is 16.5. The number of anilines is 2. The van der Waals surface area contributed by atoms with Crippen molar-refractivity contribution in [2.45, 2.75) is 27.4 Å². The van der Waals surface area contributed by atoms with Gasteiger partial charge in [0.15, 0.2) is 5.13 Å². The van der Waals surface area contributed by atoms with Crippen molar-refractivity contribution in [3.05, 3.63) is 64.4 Å². The maximum absolute atomic E-state index is 12.3. The molecule has 0 saturated carbocycles. The molecule has 0 unspecified atom stereocenters. The van der Waals surface area contributed by atoms with E-state index >= 15 is 0 Å². The lowest BCUT2D eigenvalue weighted by atomic mass is 10.1. The van der Waals surface area contributed by atoms with Crippen LogP contribution < -0.4 is 4.90 Å². The van der Waals surface area contributed by atoms with Crippen molar-refractivity contribution in [3.63, 3.8) is 0 Å². The Morgan fingerprint density at radius 3 is 2.67 bits per heavy atom. The SMILES string of the molecule is CC(=O)N(c1nc(COC(=O)c2cccn2C)cs1)c1ccc(C)cc1C. The smallest absolute Gasteiger partial charge is 0.355 e. The highest BCUT2D eigenvalue weighted by Gasteiger charge is 2.20. The molecule has 140 valence electrons.